The van der Waals surface area contributed by atoms with Gasteiger partial charge in [-0.05, 0) is 36.6 Å². The summed E-state index contributed by atoms with van der Waals surface area (Å²) >= 11 is 0. The van der Waals surface area contributed by atoms with Crippen LogP contribution in [0.3, 0.4) is 0 Å². The van der Waals surface area contributed by atoms with Crippen molar-refractivity contribution < 1.29 is 13.2 Å². The van der Waals surface area contributed by atoms with E-state index in [4.69, 9.17) is 0 Å². The van der Waals surface area contributed by atoms with Crippen molar-refractivity contribution in [2.45, 2.75) is 32.1 Å². The first kappa shape index (κ1) is 16.2. The molecule has 6 nitrogen and oxygen atoms in total. The molecule has 0 fully saturated rings. The molecule has 0 saturated heterocycles. The Bertz CT molecular complexity index is 577. The average Bonchev–Trinajstić information content (AvgIpc) is 2.34. The normalized spacial score (nSPS) is 11.8. The van der Waals surface area contributed by atoms with Gasteiger partial charge in [-0.15, -0.1) is 0 Å². The van der Waals surface area contributed by atoms with Crippen molar-refractivity contribution in [1.82, 2.24) is 4.83 Å². The van der Waals surface area contributed by atoms with Gasteiger partial charge in [0, 0.05) is 18.8 Å². The maximum atomic E-state index is 11.9. The summed E-state index contributed by atoms with van der Waals surface area (Å²) in [6.45, 7) is 5.41. The Hall–Kier alpha value is -1.89. The van der Waals surface area contributed by atoms with Crippen molar-refractivity contribution in [3.8, 4) is 0 Å². The summed E-state index contributed by atoms with van der Waals surface area (Å²) in [5.74, 6) is 0.206. The fourth-order valence-corrected chi connectivity index (χ4v) is 2.16. The maximum absolute atomic E-state index is 11.9. The molecule has 0 atom stereocenters. The van der Waals surface area contributed by atoms with Gasteiger partial charge in [-0.3, -0.25) is 4.79 Å². The van der Waals surface area contributed by atoms with Crippen molar-refractivity contribution >= 4 is 27.8 Å². The summed E-state index contributed by atoms with van der Waals surface area (Å²) in [6, 6.07) is 5.86. The van der Waals surface area contributed by atoms with E-state index >= 15 is 0 Å². The van der Waals surface area contributed by atoms with Crippen LogP contribution in [0.15, 0.2) is 34.3 Å². The lowest BCUT2D eigenvalue weighted by Gasteiger charge is -2.05. The Morgan fingerprint density at radius 2 is 1.90 bits per heavy atom. The van der Waals surface area contributed by atoms with E-state index in [2.05, 4.69) is 15.2 Å². The average molecular weight is 297 g/mol. The fourth-order valence-electron chi connectivity index (χ4n) is 1.34. The first-order chi connectivity index (χ1) is 9.31. The van der Waals surface area contributed by atoms with Crippen molar-refractivity contribution in [3.05, 3.63) is 24.3 Å². The van der Waals surface area contributed by atoms with Gasteiger partial charge < -0.3 is 5.32 Å². The highest BCUT2D eigenvalue weighted by Crippen LogP contribution is 2.13. The predicted octanol–water partition coefficient (Wildman–Crippen LogP) is 1.96. The van der Waals surface area contributed by atoms with Gasteiger partial charge in [-0.2, -0.15) is 13.5 Å². The van der Waals surface area contributed by atoms with Gasteiger partial charge in [0.15, 0.2) is 0 Å². The van der Waals surface area contributed by atoms with Crippen LogP contribution in [0.4, 0.5) is 5.69 Å². The highest BCUT2D eigenvalue weighted by Gasteiger charge is 2.12. The summed E-state index contributed by atoms with van der Waals surface area (Å²) in [7, 11) is -3.66. The van der Waals surface area contributed by atoms with Crippen LogP contribution >= 0.6 is 0 Å². The summed E-state index contributed by atoms with van der Waals surface area (Å²) in [4.78, 5) is 13.1. The lowest BCUT2D eigenvalue weighted by molar-refractivity contribution is -0.114. The molecule has 0 bridgehead atoms. The summed E-state index contributed by atoms with van der Waals surface area (Å²) in [5, 5.41) is 6.26. The molecule has 0 heterocycles. The largest absolute Gasteiger partial charge is 0.326 e. The molecule has 1 amide bonds. The smallest absolute Gasteiger partial charge is 0.276 e. The quantitative estimate of drug-likeness (QED) is 0.621. The Morgan fingerprint density at radius 3 is 2.40 bits per heavy atom. The summed E-state index contributed by atoms with van der Waals surface area (Å²) < 4.78 is 23.8. The molecule has 2 N–H and O–H groups in total. The molecule has 0 aromatic heterocycles. The Morgan fingerprint density at radius 1 is 1.30 bits per heavy atom. The Kier molecular flexibility index (Phi) is 5.69. The number of hydrogen-bond acceptors (Lipinski definition) is 4. The van der Waals surface area contributed by atoms with Crippen LogP contribution < -0.4 is 10.1 Å². The predicted molar refractivity (Wildman–Crippen MR) is 79.0 cm³/mol. The zero-order valence-corrected chi connectivity index (χ0v) is 12.6. The second-order valence-electron chi connectivity index (χ2n) is 4.74. The van der Waals surface area contributed by atoms with Crippen LogP contribution in [0, 0.1) is 5.92 Å². The van der Waals surface area contributed by atoms with Crippen LogP contribution in [0.2, 0.25) is 0 Å². The number of hydrazone groups is 1. The highest BCUT2D eigenvalue weighted by molar-refractivity contribution is 7.89. The second-order valence-corrected chi connectivity index (χ2v) is 6.40. The molecule has 110 valence electrons. The lowest BCUT2D eigenvalue weighted by atomic mass is 10.2. The third-order valence-electron chi connectivity index (χ3n) is 2.33. The molecule has 0 radical (unpaired) electrons. The molecule has 0 spiro atoms. The minimum Gasteiger partial charge on any atom is -0.326 e. The Labute approximate surface area is 119 Å². The zero-order chi connectivity index (χ0) is 15.2. The first-order valence-electron chi connectivity index (χ1n) is 6.22. The molecule has 0 aliphatic carbocycles. The summed E-state index contributed by atoms with van der Waals surface area (Å²) in [6.07, 6.45) is 2.23. The number of nitrogens with zero attached hydrogens (tertiary/aromatic N) is 1. The fraction of sp³-hybridized carbons (Fsp3) is 0.385. The van der Waals surface area contributed by atoms with Gasteiger partial charge in [0.1, 0.15) is 0 Å². The van der Waals surface area contributed by atoms with E-state index in [9.17, 15) is 13.2 Å². The molecule has 1 aromatic rings. The standard InChI is InChI=1S/C13H19N3O3S/c1-10(2)8-9-14-16-20(18,19)13-6-4-12(5-7-13)15-11(3)17/h4-7,9-10,16H,8H2,1-3H3,(H,15,17). The number of benzene rings is 1. The maximum Gasteiger partial charge on any atom is 0.276 e. The van der Waals surface area contributed by atoms with E-state index in [1.807, 2.05) is 13.8 Å². The van der Waals surface area contributed by atoms with Crippen molar-refractivity contribution in [2.24, 2.45) is 11.0 Å². The van der Waals surface area contributed by atoms with Crippen molar-refractivity contribution in [1.29, 1.82) is 0 Å². The van der Waals surface area contributed by atoms with E-state index in [0.29, 0.717) is 18.0 Å². The van der Waals surface area contributed by atoms with Crippen LogP contribution in [0.25, 0.3) is 0 Å². The molecule has 1 aromatic carbocycles. The monoisotopic (exact) mass is 297 g/mol. The van der Waals surface area contributed by atoms with Crippen molar-refractivity contribution in [3.63, 3.8) is 0 Å². The molecule has 7 heteroatoms. The van der Waals surface area contributed by atoms with E-state index in [0.717, 1.165) is 0 Å². The molecule has 20 heavy (non-hydrogen) atoms. The number of carbonyl (C=O) groups is 1. The SMILES string of the molecule is CC(=O)Nc1ccc(S(=O)(=O)NN=CCC(C)C)cc1. The number of sulfonamides is 1. The van der Waals surface area contributed by atoms with Gasteiger partial charge in [0.25, 0.3) is 10.0 Å². The number of amides is 1. The van der Waals surface area contributed by atoms with E-state index in [1.165, 1.54) is 37.4 Å². The molecule has 0 unspecified atom stereocenters. The number of carbonyl (C=O) groups excluding carboxylic acids is 1. The molecular weight excluding hydrogens is 278 g/mol. The first-order valence-corrected chi connectivity index (χ1v) is 7.70. The second kappa shape index (κ2) is 7.04. The lowest BCUT2D eigenvalue weighted by Crippen LogP contribution is -2.18. The van der Waals surface area contributed by atoms with E-state index < -0.39 is 10.0 Å². The Balaban J connectivity index is 2.72. The van der Waals surface area contributed by atoms with Gasteiger partial charge in [-0.25, -0.2) is 4.83 Å². The van der Waals surface area contributed by atoms with E-state index in [1.54, 1.807) is 0 Å². The zero-order valence-electron chi connectivity index (χ0n) is 11.8. The number of hydrogen-bond donors (Lipinski definition) is 2. The number of anilines is 1. The molecular formula is C13H19N3O3S. The molecule has 0 aliphatic rings. The molecule has 1 rings (SSSR count). The van der Waals surface area contributed by atoms with Crippen LogP contribution in [-0.2, 0) is 14.8 Å². The minimum absolute atomic E-state index is 0.0910. The van der Waals surface area contributed by atoms with Crippen LogP contribution in [0.5, 0.6) is 0 Å². The van der Waals surface area contributed by atoms with Crippen LogP contribution in [-0.4, -0.2) is 20.5 Å². The van der Waals surface area contributed by atoms with Crippen molar-refractivity contribution in [2.75, 3.05) is 5.32 Å². The topological polar surface area (TPSA) is 87.6 Å². The van der Waals surface area contributed by atoms with Gasteiger partial charge in [0.05, 0.1) is 4.90 Å². The van der Waals surface area contributed by atoms with E-state index in [-0.39, 0.29) is 10.8 Å². The highest BCUT2D eigenvalue weighted by atomic mass is 32.2. The van der Waals surface area contributed by atoms with Gasteiger partial charge in [-0.1, -0.05) is 13.8 Å². The third-order valence-corrected chi connectivity index (χ3v) is 3.56. The van der Waals surface area contributed by atoms with Gasteiger partial charge in [0.2, 0.25) is 5.91 Å². The van der Waals surface area contributed by atoms with Gasteiger partial charge >= 0.3 is 0 Å². The minimum atomic E-state index is -3.66. The molecule has 0 saturated carbocycles. The molecule has 0 aliphatic heterocycles. The third kappa shape index (κ3) is 5.40. The summed E-state index contributed by atoms with van der Waals surface area (Å²) in [5.41, 5.74) is 0.541. The number of nitrogens with one attached hydrogen (secondary N) is 2. The van der Waals surface area contributed by atoms with Crippen LogP contribution in [0.1, 0.15) is 27.2 Å². The number of rotatable bonds is 6.